The van der Waals surface area contributed by atoms with Crippen LogP contribution in [0.1, 0.15) is 18.4 Å². The van der Waals surface area contributed by atoms with E-state index in [1.165, 1.54) is 0 Å². The Morgan fingerprint density at radius 3 is 2.80 bits per heavy atom. The summed E-state index contributed by atoms with van der Waals surface area (Å²) >= 11 is 0. The maximum atomic E-state index is 6.74. The van der Waals surface area contributed by atoms with Crippen LogP contribution in [-0.4, -0.2) is 9.97 Å². The highest BCUT2D eigenvalue weighted by Gasteiger charge is 2.05. The van der Waals surface area contributed by atoms with E-state index >= 15 is 0 Å². The van der Waals surface area contributed by atoms with Gasteiger partial charge in [0.1, 0.15) is 0 Å². The third-order valence-electron chi connectivity index (χ3n) is 1.33. The van der Waals surface area contributed by atoms with Crippen LogP contribution in [0.2, 0.25) is 0 Å². The maximum Gasteiger partial charge on any atom is 0.290 e. The average Bonchev–Trinajstić information content (AvgIpc) is 2.30. The largest absolute Gasteiger partial charge is 0.359 e. The molecule has 0 aromatic carbocycles. The third-order valence-corrected chi connectivity index (χ3v) is 1.33. The number of hydrogen-bond acceptors (Lipinski definition) is 1. The zero-order valence-electron chi connectivity index (χ0n) is 6.10. The molecule has 0 saturated heterocycles. The topological polar surface area (TPSA) is 33.0 Å². The Labute approximate surface area is 59.9 Å². The SMILES string of the molecule is [C-]#[N+]c1nc(C)[nH]c1CC. The highest BCUT2D eigenvalue weighted by molar-refractivity contribution is 5.42. The van der Waals surface area contributed by atoms with Gasteiger partial charge in [0.25, 0.3) is 5.82 Å². The molecule has 0 bridgehead atoms. The molecule has 0 fully saturated rings. The van der Waals surface area contributed by atoms with Gasteiger partial charge >= 0.3 is 0 Å². The van der Waals surface area contributed by atoms with Crippen molar-refractivity contribution in [1.29, 1.82) is 0 Å². The zero-order chi connectivity index (χ0) is 7.56. The molecule has 10 heavy (non-hydrogen) atoms. The van der Waals surface area contributed by atoms with Crippen LogP contribution in [0.4, 0.5) is 5.82 Å². The van der Waals surface area contributed by atoms with Gasteiger partial charge in [0, 0.05) is 12.6 Å². The van der Waals surface area contributed by atoms with E-state index in [-0.39, 0.29) is 0 Å². The van der Waals surface area contributed by atoms with Gasteiger partial charge in [-0.1, -0.05) is 13.5 Å². The second-order valence-corrected chi connectivity index (χ2v) is 2.09. The van der Waals surface area contributed by atoms with Crippen molar-refractivity contribution in [1.82, 2.24) is 9.97 Å². The molecular weight excluding hydrogens is 126 g/mol. The molecule has 0 aliphatic carbocycles. The first kappa shape index (κ1) is 6.81. The highest BCUT2D eigenvalue weighted by Crippen LogP contribution is 2.15. The van der Waals surface area contributed by atoms with Crippen molar-refractivity contribution in [3.05, 3.63) is 22.9 Å². The Kier molecular flexibility index (Phi) is 1.72. The molecule has 0 aliphatic heterocycles. The lowest BCUT2D eigenvalue weighted by molar-refractivity contribution is 1.04. The molecule has 1 heterocycles. The molecule has 0 aliphatic rings. The van der Waals surface area contributed by atoms with Gasteiger partial charge < -0.3 is 9.83 Å². The minimum absolute atomic E-state index is 0.514. The van der Waals surface area contributed by atoms with Crippen molar-refractivity contribution in [2.45, 2.75) is 20.3 Å². The first-order valence-electron chi connectivity index (χ1n) is 3.21. The molecule has 1 N–H and O–H groups in total. The summed E-state index contributed by atoms with van der Waals surface area (Å²) in [6, 6.07) is 0. The minimum atomic E-state index is 0.514. The molecule has 0 saturated carbocycles. The van der Waals surface area contributed by atoms with E-state index in [0.29, 0.717) is 5.82 Å². The molecule has 1 aromatic rings. The van der Waals surface area contributed by atoms with Gasteiger partial charge in [-0.05, 0) is 6.42 Å². The second-order valence-electron chi connectivity index (χ2n) is 2.09. The standard InChI is InChI=1S/C7H9N3/c1-4-6-7(8-3)10-5(2)9-6/h4H2,1-2H3,(H,9,10). The number of hydrogen-bond donors (Lipinski definition) is 1. The van der Waals surface area contributed by atoms with E-state index in [2.05, 4.69) is 14.8 Å². The number of imidazole rings is 1. The summed E-state index contributed by atoms with van der Waals surface area (Å²) in [5, 5.41) is 0. The van der Waals surface area contributed by atoms with Crippen molar-refractivity contribution in [3.63, 3.8) is 0 Å². The number of nitrogens with zero attached hydrogens (tertiary/aromatic N) is 2. The predicted octanol–water partition coefficient (Wildman–Crippen LogP) is 1.83. The zero-order valence-corrected chi connectivity index (χ0v) is 6.10. The molecule has 52 valence electrons. The van der Waals surface area contributed by atoms with Crippen LogP contribution in [0, 0.1) is 13.5 Å². The van der Waals surface area contributed by atoms with E-state index < -0.39 is 0 Å². The number of aromatic amines is 1. The smallest absolute Gasteiger partial charge is 0.290 e. The summed E-state index contributed by atoms with van der Waals surface area (Å²) in [5.41, 5.74) is 0.938. The summed E-state index contributed by atoms with van der Waals surface area (Å²) in [6.45, 7) is 10.6. The van der Waals surface area contributed by atoms with Gasteiger partial charge in [0.2, 0.25) is 0 Å². The van der Waals surface area contributed by atoms with Crippen LogP contribution in [-0.2, 0) is 6.42 Å². The lowest BCUT2D eigenvalue weighted by Gasteiger charge is -1.86. The van der Waals surface area contributed by atoms with Gasteiger partial charge in [0.15, 0.2) is 5.82 Å². The van der Waals surface area contributed by atoms with E-state index in [1.54, 1.807) is 0 Å². The van der Waals surface area contributed by atoms with Crippen molar-refractivity contribution < 1.29 is 0 Å². The summed E-state index contributed by atoms with van der Waals surface area (Å²) in [5.74, 6) is 1.34. The van der Waals surface area contributed by atoms with Gasteiger partial charge in [-0.15, -0.1) is 4.98 Å². The fourth-order valence-electron chi connectivity index (χ4n) is 0.868. The number of aromatic nitrogens is 2. The summed E-state index contributed by atoms with van der Waals surface area (Å²) < 4.78 is 0. The first-order valence-corrected chi connectivity index (χ1v) is 3.21. The van der Waals surface area contributed by atoms with Gasteiger partial charge in [-0.2, -0.15) is 0 Å². The van der Waals surface area contributed by atoms with Crippen molar-refractivity contribution in [2.24, 2.45) is 0 Å². The Balaban J connectivity index is 3.12. The number of H-pyrrole nitrogens is 1. The molecule has 3 heteroatoms. The van der Waals surface area contributed by atoms with Crippen LogP contribution in [0.25, 0.3) is 4.85 Å². The fourth-order valence-corrected chi connectivity index (χ4v) is 0.868. The monoisotopic (exact) mass is 135 g/mol. The molecule has 1 aromatic heterocycles. The summed E-state index contributed by atoms with van der Waals surface area (Å²) in [4.78, 5) is 10.3. The molecule has 0 amide bonds. The predicted molar refractivity (Wildman–Crippen MR) is 39.0 cm³/mol. The molecule has 0 unspecified atom stereocenters. The van der Waals surface area contributed by atoms with E-state index in [9.17, 15) is 0 Å². The molecular formula is C7H9N3. The quantitative estimate of drug-likeness (QED) is 0.585. The highest BCUT2D eigenvalue weighted by atomic mass is 15.0. The maximum absolute atomic E-state index is 6.74. The van der Waals surface area contributed by atoms with E-state index in [4.69, 9.17) is 6.57 Å². The number of nitrogens with one attached hydrogen (secondary N) is 1. The van der Waals surface area contributed by atoms with Crippen molar-refractivity contribution >= 4 is 5.82 Å². The minimum Gasteiger partial charge on any atom is -0.359 e. The van der Waals surface area contributed by atoms with Gasteiger partial charge in [-0.3, -0.25) is 0 Å². The lowest BCUT2D eigenvalue weighted by atomic mass is 10.3. The van der Waals surface area contributed by atoms with Crippen LogP contribution in [0.5, 0.6) is 0 Å². The first-order chi connectivity index (χ1) is 4.77. The fraction of sp³-hybridized carbons (Fsp3) is 0.429. The third kappa shape index (κ3) is 1.01. The molecule has 0 atom stereocenters. The van der Waals surface area contributed by atoms with Crippen molar-refractivity contribution in [2.75, 3.05) is 0 Å². The van der Waals surface area contributed by atoms with Crippen molar-refractivity contribution in [3.8, 4) is 0 Å². The lowest BCUT2D eigenvalue weighted by Crippen LogP contribution is -1.77. The van der Waals surface area contributed by atoms with E-state index in [0.717, 1.165) is 17.9 Å². The summed E-state index contributed by atoms with van der Waals surface area (Å²) in [7, 11) is 0. The second kappa shape index (κ2) is 2.53. The Morgan fingerprint density at radius 1 is 1.70 bits per heavy atom. The Hall–Kier alpha value is -1.30. The normalized spacial score (nSPS) is 9.30. The molecule has 1 rings (SSSR count). The molecule has 3 nitrogen and oxygen atoms in total. The Morgan fingerprint density at radius 2 is 2.40 bits per heavy atom. The van der Waals surface area contributed by atoms with Crippen LogP contribution < -0.4 is 0 Å². The van der Waals surface area contributed by atoms with Crippen LogP contribution in [0.15, 0.2) is 0 Å². The van der Waals surface area contributed by atoms with Gasteiger partial charge in [-0.25, -0.2) is 0 Å². The summed E-state index contributed by atoms with van der Waals surface area (Å²) in [6.07, 6.45) is 0.846. The molecule has 0 radical (unpaired) electrons. The van der Waals surface area contributed by atoms with E-state index in [1.807, 2.05) is 13.8 Å². The van der Waals surface area contributed by atoms with Crippen LogP contribution in [0.3, 0.4) is 0 Å². The van der Waals surface area contributed by atoms with Gasteiger partial charge in [0.05, 0.1) is 0 Å². The number of rotatable bonds is 1. The Bertz CT molecular complexity index is 267. The molecule has 0 spiro atoms. The number of aryl methyl sites for hydroxylation is 2. The average molecular weight is 135 g/mol. The van der Waals surface area contributed by atoms with Crippen LogP contribution >= 0.6 is 0 Å².